The van der Waals surface area contributed by atoms with Gasteiger partial charge in [0.05, 0.1) is 11.3 Å². The van der Waals surface area contributed by atoms with E-state index in [4.69, 9.17) is 0 Å². The van der Waals surface area contributed by atoms with Crippen molar-refractivity contribution in [1.82, 2.24) is 15.5 Å². The van der Waals surface area contributed by atoms with E-state index in [0.717, 1.165) is 6.07 Å². The van der Waals surface area contributed by atoms with Gasteiger partial charge in [-0.15, -0.1) is 0 Å². The second-order valence-electron chi connectivity index (χ2n) is 5.84. The van der Waals surface area contributed by atoms with Crippen LogP contribution in [0, 0.1) is 0 Å². The highest BCUT2D eigenvalue weighted by atomic mass is 19.4. The molecule has 1 aromatic heterocycles. The molecule has 1 heterocycles. The van der Waals surface area contributed by atoms with Crippen LogP contribution in [0.2, 0.25) is 0 Å². The zero-order valence-corrected chi connectivity index (χ0v) is 14.0. The molecule has 8 heteroatoms. The average molecular weight is 375 g/mol. The number of carbonyl (C=O) groups is 1. The van der Waals surface area contributed by atoms with E-state index in [1.54, 1.807) is 18.2 Å². The molecule has 1 amide bonds. The minimum atomic E-state index is -4.43. The number of hydrogen-bond donors (Lipinski definition) is 3. The standard InChI is InChI=1S/C19H16F3N3O2/c20-19(21,22)14-7-3-1-5-12(14)9-10-23-18(27)16-11-15(24-25-16)13-6-2-4-8-17(13)26/h1-8,11,26H,9-10H2,(H,23,27)(H,24,25). The van der Waals surface area contributed by atoms with Gasteiger partial charge in [-0.25, -0.2) is 0 Å². The largest absolute Gasteiger partial charge is 0.507 e. The highest BCUT2D eigenvalue weighted by Gasteiger charge is 2.32. The van der Waals surface area contributed by atoms with Gasteiger partial charge in [0, 0.05) is 12.1 Å². The molecule has 0 saturated carbocycles. The van der Waals surface area contributed by atoms with Crippen molar-refractivity contribution in [3.63, 3.8) is 0 Å². The number of aromatic amines is 1. The van der Waals surface area contributed by atoms with Crippen LogP contribution >= 0.6 is 0 Å². The summed E-state index contributed by atoms with van der Waals surface area (Å²) in [5.41, 5.74) is 0.414. The lowest BCUT2D eigenvalue weighted by atomic mass is 10.0. The number of carbonyl (C=O) groups excluding carboxylic acids is 1. The molecule has 0 aliphatic rings. The van der Waals surface area contributed by atoms with E-state index in [1.165, 1.54) is 30.3 Å². The highest BCUT2D eigenvalue weighted by molar-refractivity contribution is 5.93. The summed E-state index contributed by atoms with van der Waals surface area (Å²) in [5, 5.41) is 18.9. The lowest BCUT2D eigenvalue weighted by molar-refractivity contribution is -0.138. The van der Waals surface area contributed by atoms with Gasteiger partial charge >= 0.3 is 6.18 Å². The van der Waals surface area contributed by atoms with Crippen LogP contribution in [0.3, 0.4) is 0 Å². The fourth-order valence-electron chi connectivity index (χ4n) is 2.69. The van der Waals surface area contributed by atoms with Crippen LogP contribution in [0.5, 0.6) is 5.75 Å². The van der Waals surface area contributed by atoms with Crippen LogP contribution in [0.25, 0.3) is 11.3 Å². The quantitative estimate of drug-likeness (QED) is 0.635. The number of para-hydroxylation sites is 1. The molecule has 0 spiro atoms. The Morgan fingerprint density at radius 1 is 1.11 bits per heavy atom. The second kappa shape index (κ2) is 7.53. The fraction of sp³-hybridized carbons (Fsp3) is 0.158. The molecule has 2 aromatic carbocycles. The Morgan fingerprint density at radius 3 is 2.56 bits per heavy atom. The van der Waals surface area contributed by atoms with Crippen LogP contribution in [0.15, 0.2) is 54.6 Å². The van der Waals surface area contributed by atoms with Gasteiger partial charge in [-0.05, 0) is 36.2 Å². The van der Waals surface area contributed by atoms with Gasteiger partial charge in [-0.3, -0.25) is 9.89 Å². The summed E-state index contributed by atoms with van der Waals surface area (Å²) >= 11 is 0. The number of aromatic nitrogens is 2. The number of phenolic OH excluding ortho intramolecular Hbond substituents is 1. The normalized spacial score (nSPS) is 11.4. The second-order valence-corrected chi connectivity index (χ2v) is 5.84. The number of nitrogens with one attached hydrogen (secondary N) is 2. The van der Waals surface area contributed by atoms with Gasteiger partial charge in [-0.2, -0.15) is 18.3 Å². The van der Waals surface area contributed by atoms with Gasteiger partial charge in [0.2, 0.25) is 0 Å². The predicted molar refractivity (Wildman–Crippen MR) is 93.2 cm³/mol. The Hall–Kier alpha value is -3.29. The number of benzene rings is 2. The number of amides is 1. The Bertz CT molecular complexity index is 951. The molecule has 0 aliphatic heterocycles. The van der Waals surface area contributed by atoms with E-state index < -0.39 is 17.6 Å². The van der Waals surface area contributed by atoms with Gasteiger partial charge < -0.3 is 10.4 Å². The molecule has 0 aliphatic carbocycles. The predicted octanol–water partition coefficient (Wildman–Crippen LogP) is 3.77. The topological polar surface area (TPSA) is 78.0 Å². The Labute approximate surface area is 152 Å². The van der Waals surface area contributed by atoms with Gasteiger partial charge in [0.15, 0.2) is 0 Å². The first-order chi connectivity index (χ1) is 12.9. The lowest BCUT2D eigenvalue weighted by Gasteiger charge is -2.12. The molecule has 3 rings (SSSR count). The van der Waals surface area contributed by atoms with Gasteiger partial charge in [0.1, 0.15) is 11.4 Å². The van der Waals surface area contributed by atoms with Crippen LogP contribution < -0.4 is 5.32 Å². The summed E-state index contributed by atoms with van der Waals surface area (Å²) in [6.45, 7) is 0.0386. The number of nitrogens with zero attached hydrogens (tertiary/aromatic N) is 1. The molecular formula is C19H16F3N3O2. The monoisotopic (exact) mass is 375 g/mol. The van der Waals surface area contributed by atoms with Crippen molar-refractivity contribution < 1.29 is 23.1 Å². The number of aromatic hydroxyl groups is 1. The van der Waals surface area contributed by atoms with Crippen molar-refractivity contribution in [3.05, 3.63) is 71.4 Å². The van der Waals surface area contributed by atoms with Crippen molar-refractivity contribution >= 4 is 5.91 Å². The third kappa shape index (κ3) is 4.28. The van der Waals surface area contributed by atoms with Crippen LogP contribution in [0.1, 0.15) is 21.6 Å². The van der Waals surface area contributed by atoms with Gasteiger partial charge in [-0.1, -0.05) is 30.3 Å². The number of halogens is 3. The van der Waals surface area contributed by atoms with E-state index in [2.05, 4.69) is 15.5 Å². The first-order valence-electron chi connectivity index (χ1n) is 8.13. The van der Waals surface area contributed by atoms with Crippen molar-refractivity contribution in [2.75, 3.05) is 6.54 Å². The number of H-pyrrole nitrogens is 1. The van der Waals surface area contributed by atoms with E-state index in [9.17, 15) is 23.1 Å². The van der Waals surface area contributed by atoms with Crippen molar-refractivity contribution in [2.45, 2.75) is 12.6 Å². The molecule has 0 saturated heterocycles. The Morgan fingerprint density at radius 2 is 1.81 bits per heavy atom. The maximum Gasteiger partial charge on any atom is 0.416 e. The summed E-state index contributed by atoms with van der Waals surface area (Å²) in [4.78, 5) is 12.2. The molecular weight excluding hydrogens is 359 g/mol. The number of alkyl halides is 3. The van der Waals surface area contributed by atoms with Crippen molar-refractivity contribution in [2.24, 2.45) is 0 Å². The zero-order valence-electron chi connectivity index (χ0n) is 14.0. The van der Waals surface area contributed by atoms with Crippen LogP contribution in [0.4, 0.5) is 13.2 Å². The fourth-order valence-corrected chi connectivity index (χ4v) is 2.69. The number of hydrogen-bond acceptors (Lipinski definition) is 3. The third-order valence-corrected chi connectivity index (χ3v) is 4.01. The van der Waals surface area contributed by atoms with Crippen LogP contribution in [-0.2, 0) is 12.6 Å². The highest BCUT2D eigenvalue weighted by Crippen LogP contribution is 2.32. The molecule has 0 bridgehead atoms. The molecule has 3 N–H and O–H groups in total. The third-order valence-electron chi connectivity index (χ3n) is 4.01. The molecule has 27 heavy (non-hydrogen) atoms. The van der Waals surface area contributed by atoms with E-state index in [0.29, 0.717) is 11.3 Å². The van der Waals surface area contributed by atoms with Gasteiger partial charge in [0.25, 0.3) is 5.91 Å². The number of rotatable bonds is 5. The van der Waals surface area contributed by atoms with E-state index in [1.807, 2.05) is 0 Å². The van der Waals surface area contributed by atoms with Crippen molar-refractivity contribution in [3.8, 4) is 17.0 Å². The Kier molecular flexibility index (Phi) is 5.16. The maximum absolute atomic E-state index is 13.0. The van der Waals surface area contributed by atoms with Crippen molar-refractivity contribution in [1.29, 1.82) is 0 Å². The Balaban J connectivity index is 1.64. The summed E-state index contributed by atoms with van der Waals surface area (Å²) in [7, 11) is 0. The summed E-state index contributed by atoms with van der Waals surface area (Å²) < 4.78 is 38.9. The van der Waals surface area contributed by atoms with E-state index in [-0.39, 0.29) is 30.0 Å². The first-order valence-corrected chi connectivity index (χ1v) is 8.13. The summed E-state index contributed by atoms with van der Waals surface area (Å²) in [6.07, 6.45) is -4.39. The molecule has 0 unspecified atom stereocenters. The van der Waals surface area contributed by atoms with Crippen LogP contribution in [-0.4, -0.2) is 27.8 Å². The molecule has 140 valence electrons. The molecule has 0 atom stereocenters. The minimum absolute atomic E-state index is 0.0275. The smallest absolute Gasteiger partial charge is 0.416 e. The average Bonchev–Trinajstić information content (AvgIpc) is 3.11. The van der Waals surface area contributed by atoms with E-state index >= 15 is 0 Å². The first kappa shape index (κ1) is 18.5. The summed E-state index contributed by atoms with van der Waals surface area (Å²) in [5.74, 6) is -0.464. The molecule has 3 aromatic rings. The lowest BCUT2D eigenvalue weighted by Crippen LogP contribution is -2.26. The molecule has 0 radical (unpaired) electrons. The minimum Gasteiger partial charge on any atom is -0.507 e. The zero-order chi connectivity index (χ0) is 19.4. The SMILES string of the molecule is O=C(NCCc1ccccc1C(F)(F)F)c1cc(-c2ccccc2O)n[nH]1. The molecule has 0 fully saturated rings. The summed E-state index contributed by atoms with van der Waals surface area (Å²) in [6, 6.07) is 13.3. The number of phenols is 1. The molecule has 5 nitrogen and oxygen atoms in total. The maximum atomic E-state index is 13.0.